The fraction of sp³-hybridized carbons (Fsp3) is 0.526. The molecule has 1 aliphatic carbocycles. The van der Waals surface area contributed by atoms with Crippen molar-refractivity contribution in [1.29, 1.82) is 0 Å². The number of carbonyl (C=O) groups is 1. The Morgan fingerprint density at radius 1 is 1.22 bits per heavy atom. The molecule has 1 saturated heterocycles. The molecule has 1 aromatic carbocycles. The molecule has 4 nitrogen and oxygen atoms in total. The van der Waals surface area contributed by atoms with E-state index in [2.05, 4.69) is 24.3 Å². The zero-order valence-corrected chi connectivity index (χ0v) is 13.8. The van der Waals surface area contributed by atoms with E-state index in [0.29, 0.717) is 5.92 Å². The molecule has 4 N–H and O–H groups in total. The minimum absolute atomic E-state index is 0.0637. The Kier molecular flexibility index (Phi) is 5.01. The SMILES string of the molecule is NCC(=O)N1CCC(c2ccc(N)c(C3=CCCCC3)c2)CC1. The Hall–Kier alpha value is -1.81. The minimum atomic E-state index is 0.0637. The number of rotatable bonds is 3. The van der Waals surface area contributed by atoms with Gasteiger partial charge >= 0.3 is 0 Å². The molecule has 0 saturated carbocycles. The van der Waals surface area contributed by atoms with Crippen molar-refractivity contribution < 1.29 is 4.79 Å². The van der Waals surface area contributed by atoms with Gasteiger partial charge < -0.3 is 16.4 Å². The Labute approximate surface area is 138 Å². The molecule has 1 amide bonds. The number of nitrogen functional groups attached to an aromatic ring is 1. The average molecular weight is 313 g/mol. The quantitative estimate of drug-likeness (QED) is 0.843. The summed E-state index contributed by atoms with van der Waals surface area (Å²) in [6, 6.07) is 6.50. The molecule has 3 rings (SSSR count). The van der Waals surface area contributed by atoms with Gasteiger partial charge in [0.15, 0.2) is 0 Å². The van der Waals surface area contributed by atoms with E-state index >= 15 is 0 Å². The standard InChI is InChI=1S/C19H27N3O/c20-13-19(23)22-10-8-14(9-11-22)16-6-7-18(21)17(12-16)15-4-2-1-3-5-15/h4,6-7,12,14H,1-3,5,8-11,13,20-21H2. The molecule has 1 fully saturated rings. The van der Waals surface area contributed by atoms with Gasteiger partial charge in [-0.2, -0.15) is 0 Å². The van der Waals surface area contributed by atoms with Gasteiger partial charge in [0.1, 0.15) is 0 Å². The van der Waals surface area contributed by atoms with E-state index in [1.807, 2.05) is 4.90 Å². The summed E-state index contributed by atoms with van der Waals surface area (Å²) in [7, 11) is 0. The van der Waals surface area contributed by atoms with Crippen molar-refractivity contribution in [3.8, 4) is 0 Å². The lowest BCUT2D eigenvalue weighted by Gasteiger charge is -2.32. The fourth-order valence-corrected chi connectivity index (χ4v) is 3.78. The first-order chi connectivity index (χ1) is 11.2. The van der Waals surface area contributed by atoms with Gasteiger partial charge in [-0.3, -0.25) is 4.79 Å². The average Bonchev–Trinajstić information content (AvgIpc) is 2.62. The topological polar surface area (TPSA) is 72.4 Å². The van der Waals surface area contributed by atoms with Crippen LogP contribution in [0.5, 0.6) is 0 Å². The van der Waals surface area contributed by atoms with E-state index in [0.717, 1.165) is 38.0 Å². The lowest BCUT2D eigenvalue weighted by atomic mass is 9.85. The van der Waals surface area contributed by atoms with Crippen molar-refractivity contribution in [3.63, 3.8) is 0 Å². The zero-order valence-electron chi connectivity index (χ0n) is 13.8. The number of benzene rings is 1. The van der Waals surface area contributed by atoms with Crippen LogP contribution >= 0.6 is 0 Å². The highest BCUT2D eigenvalue weighted by Gasteiger charge is 2.23. The van der Waals surface area contributed by atoms with Crippen molar-refractivity contribution in [3.05, 3.63) is 35.4 Å². The summed E-state index contributed by atoms with van der Waals surface area (Å²) in [5.41, 5.74) is 16.6. The Balaban J connectivity index is 1.74. The van der Waals surface area contributed by atoms with Crippen LogP contribution in [-0.4, -0.2) is 30.4 Å². The van der Waals surface area contributed by atoms with E-state index in [1.165, 1.54) is 36.0 Å². The lowest BCUT2D eigenvalue weighted by molar-refractivity contribution is -0.130. The van der Waals surface area contributed by atoms with Crippen molar-refractivity contribution in [2.75, 3.05) is 25.4 Å². The predicted octanol–water partition coefficient (Wildman–Crippen LogP) is 2.89. The van der Waals surface area contributed by atoms with Crippen LogP contribution in [0.25, 0.3) is 5.57 Å². The molecule has 23 heavy (non-hydrogen) atoms. The van der Waals surface area contributed by atoms with Crippen LogP contribution < -0.4 is 11.5 Å². The highest BCUT2D eigenvalue weighted by Crippen LogP contribution is 2.35. The monoisotopic (exact) mass is 313 g/mol. The summed E-state index contributed by atoms with van der Waals surface area (Å²) >= 11 is 0. The number of carbonyl (C=O) groups excluding carboxylic acids is 1. The van der Waals surface area contributed by atoms with Crippen LogP contribution in [0.2, 0.25) is 0 Å². The van der Waals surface area contributed by atoms with Gasteiger partial charge in [-0.05, 0) is 67.7 Å². The van der Waals surface area contributed by atoms with Gasteiger partial charge in [0.25, 0.3) is 0 Å². The van der Waals surface area contributed by atoms with Gasteiger partial charge in [0, 0.05) is 24.3 Å². The maximum atomic E-state index is 11.7. The molecule has 0 bridgehead atoms. The van der Waals surface area contributed by atoms with Crippen LogP contribution in [0.15, 0.2) is 24.3 Å². The van der Waals surface area contributed by atoms with E-state index < -0.39 is 0 Å². The summed E-state index contributed by atoms with van der Waals surface area (Å²) in [6.07, 6.45) is 9.21. The van der Waals surface area contributed by atoms with Crippen molar-refractivity contribution in [1.82, 2.24) is 4.90 Å². The van der Waals surface area contributed by atoms with Crippen molar-refractivity contribution in [2.45, 2.75) is 44.4 Å². The number of anilines is 1. The van der Waals surface area contributed by atoms with E-state index in [1.54, 1.807) is 0 Å². The third kappa shape index (κ3) is 3.58. The van der Waals surface area contributed by atoms with E-state index in [9.17, 15) is 4.79 Å². The van der Waals surface area contributed by atoms with Crippen LogP contribution in [0.4, 0.5) is 5.69 Å². The number of piperidine rings is 1. The molecule has 1 aliphatic heterocycles. The lowest BCUT2D eigenvalue weighted by Crippen LogP contribution is -2.41. The van der Waals surface area contributed by atoms with Gasteiger partial charge in [-0.1, -0.05) is 12.1 Å². The molecule has 0 atom stereocenters. The highest BCUT2D eigenvalue weighted by atomic mass is 16.2. The van der Waals surface area contributed by atoms with Crippen molar-refractivity contribution in [2.24, 2.45) is 5.73 Å². The van der Waals surface area contributed by atoms with Gasteiger partial charge in [0.05, 0.1) is 6.54 Å². The summed E-state index contributed by atoms with van der Waals surface area (Å²) in [4.78, 5) is 13.6. The second-order valence-electron chi connectivity index (χ2n) is 6.68. The number of hydrogen-bond donors (Lipinski definition) is 2. The highest BCUT2D eigenvalue weighted by molar-refractivity contribution is 5.78. The fourth-order valence-electron chi connectivity index (χ4n) is 3.78. The van der Waals surface area contributed by atoms with Crippen LogP contribution in [0.3, 0.4) is 0 Å². The third-order valence-corrected chi connectivity index (χ3v) is 5.21. The molecular weight excluding hydrogens is 286 g/mol. The molecule has 0 aromatic heterocycles. The molecule has 2 aliphatic rings. The van der Waals surface area contributed by atoms with Crippen molar-refractivity contribution >= 4 is 17.2 Å². The summed E-state index contributed by atoms with van der Waals surface area (Å²) in [6.45, 7) is 1.73. The number of hydrogen-bond acceptors (Lipinski definition) is 3. The largest absolute Gasteiger partial charge is 0.398 e. The number of allylic oxidation sites excluding steroid dienone is 2. The van der Waals surface area contributed by atoms with Gasteiger partial charge in [-0.25, -0.2) is 0 Å². The molecule has 0 radical (unpaired) electrons. The third-order valence-electron chi connectivity index (χ3n) is 5.21. The normalized spacial score (nSPS) is 19.5. The Morgan fingerprint density at radius 2 is 2.00 bits per heavy atom. The smallest absolute Gasteiger partial charge is 0.236 e. The minimum Gasteiger partial charge on any atom is -0.398 e. The van der Waals surface area contributed by atoms with Gasteiger partial charge in [-0.15, -0.1) is 0 Å². The van der Waals surface area contributed by atoms with Crippen LogP contribution in [0, 0.1) is 0 Å². The van der Waals surface area contributed by atoms with Crippen LogP contribution in [-0.2, 0) is 4.79 Å². The first-order valence-electron chi connectivity index (χ1n) is 8.75. The first kappa shape index (κ1) is 16.1. The summed E-state index contributed by atoms with van der Waals surface area (Å²) in [5.74, 6) is 0.578. The number of nitrogens with two attached hydrogens (primary N) is 2. The number of likely N-dealkylation sites (tertiary alicyclic amines) is 1. The first-order valence-corrected chi connectivity index (χ1v) is 8.75. The molecule has 0 unspecified atom stereocenters. The number of amides is 1. The van der Waals surface area contributed by atoms with E-state index in [-0.39, 0.29) is 12.5 Å². The maximum Gasteiger partial charge on any atom is 0.236 e. The second-order valence-corrected chi connectivity index (χ2v) is 6.68. The molecule has 0 spiro atoms. The predicted molar refractivity (Wildman–Crippen MR) is 94.9 cm³/mol. The molecule has 124 valence electrons. The summed E-state index contributed by atoms with van der Waals surface area (Å²) in [5, 5.41) is 0. The molecule has 4 heteroatoms. The molecule has 1 heterocycles. The maximum absolute atomic E-state index is 11.7. The Morgan fingerprint density at radius 3 is 2.65 bits per heavy atom. The summed E-state index contributed by atoms with van der Waals surface area (Å²) < 4.78 is 0. The second kappa shape index (κ2) is 7.18. The van der Waals surface area contributed by atoms with Gasteiger partial charge in [0.2, 0.25) is 5.91 Å². The molecular formula is C19H27N3O. The zero-order chi connectivity index (χ0) is 16.2. The number of nitrogens with zero attached hydrogens (tertiary/aromatic N) is 1. The van der Waals surface area contributed by atoms with Crippen LogP contribution in [0.1, 0.15) is 55.6 Å². The molecule has 1 aromatic rings. The Bertz CT molecular complexity index is 601. The van der Waals surface area contributed by atoms with E-state index in [4.69, 9.17) is 11.5 Å².